The molecule has 1 N–H and O–H groups in total. The molecule has 2 aromatic heterocycles. The van der Waals surface area contributed by atoms with Gasteiger partial charge in [-0.15, -0.1) is 0 Å². The molecule has 2 heterocycles. The van der Waals surface area contributed by atoms with Crippen LogP contribution in [0.1, 0.15) is 37.7 Å². The zero-order valence-electron chi connectivity index (χ0n) is 12.0. The first-order chi connectivity index (χ1) is 9.76. The molecular formula is C15H21ClN4. The van der Waals surface area contributed by atoms with E-state index >= 15 is 0 Å². The molecule has 0 aliphatic heterocycles. The molecule has 1 unspecified atom stereocenters. The molecule has 0 fully saturated rings. The Morgan fingerprint density at radius 2 is 2.20 bits per heavy atom. The summed E-state index contributed by atoms with van der Waals surface area (Å²) in [4.78, 5) is 4.41. The lowest BCUT2D eigenvalue weighted by atomic mass is 10.1. The largest absolute Gasteiger partial charge is 0.308 e. The molecule has 0 bridgehead atoms. The molecule has 0 radical (unpaired) electrons. The fraction of sp³-hybridized carbons (Fsp3) is 0.467. The SMILES string of the molecule is CCCNC(Cc1ccccn1)c1c(Cl)cnn1CC. The van der Waals surface area contributed by atoms with Crippen molar-refractivity contribution in [3.05, 3.63) is 47.0 Å². The summed E-state index contributed by atoms with van der Waals surface area (Å²) in [5.41, 5.74) is 2.11. The second kappa shape index (κ2) is 7.41. The molecule has 0 aliphatic rings. The molecule has 0 spiro atoms. The topological polar surface area (TPSA) is 42.7 Å². The normalized spacial score (nSPS) is 12.6. The molecule has 0 aliphatic carbocycles. The van der Waals surface area contributed by atoms with Gasteiger partial charge in [-0.25, -0.2) is 0 Å². The van der Waals surface area contributed by atoms with Gasteiger partial charge in [-0.2, -0.15) is 5.10 Å². The molecule has 0 aromatic carbocycles. The van der Waals surface area contributed by atoms with E-state index in [1.165, 1.54) is 0 Å². The Hall–Kier alpha value is -1.39. The lowest BCUT2D eigenvalue weighted by molar-refractivity contribution is 0.475. The summed E-state index contributed by atoms with van der Waals surface area (Å²) in [6, 6.07) is 6.13. The van der Waals surface area contributed by atoms with Crippen molar-refractivity contribution in [1.29, 1.82) is 0 Å². The Bertz CT molecular complexity index is 524. The van der Waals surface area contributed by atoms with Crippen LogP contribution in [-0.4, -0.2) is 21.3 Å². The van der Waals surface area contributed by atoms with Gasteiger partial charge in [0.1, 0.15) is 0 Å². The van der Waals surface area contributed by atoms with E-state index in [0.717, 1.165) is 42.3 Å². The number of rotatable bonds is 7. The van der Waals surface area contributed by atoms with Crippen LogP contribution in [-0.2, 0) is 13.0 Å². The van der Waals surface area contributed by atoms with Crippen molar-refractivity contribution in [3.8, 4) is 0 Å². The molecule has 0 saturated heterocycles. The van der Waals surface area contributed by atoms with Gasteiger partial charge in [0.15, 0.2) is 0 Å². The molecule has 5 heteroatoms. The minimum atomic E-state index is 0.139. The molecule has 4 nitrogen and oxygen atoms in total. The second-order valence-corrected chi connectivity index (χ2v) is 5.13. The van der Waals surface area contributed by atoms with E-state index in [0.29, 0.717) is 0 Å². The maximum absolute atomic E-state index is 6.32. The van der Waals surface area contributed by atoms with Crippen LogP contribution in [0.4, 0.5) is 0 Å². The number of aryl methyl sites for hydroxylation is 1. The fourth-order valence-electron chi connectivity index (χ4n) is 2.28. The lowest BCUT2D eigenvalue weighted by Crippen LogP contribution is -2.27. The third kappa shape index (κ3) is 3.58. The van der Waals surface area contributed by atoms with Gasteiger partial charge in [-0.1, -0.05) is 24.6 Å². The molecule has 2 rings (SSSR count). The highest BCUT2D eigenvalue weighted by atomic mass is 35.5. The van der Waals surface area contributed by atoms with Gasteiger partial charge in [-0.05, 0) is 32.0 Å². The van der Waals surface area contributed by atoms with Crippen molar-refractivity contribution >= 4 is 11.6 Å². The molecule has 0 saturated carbocycles. The smallest absolute Gasteiger partial charge is 0.0834 e. The second-order valence-electron chi connectivity index (χ2n) is 4.73. The summed E-state index contributed by atoms with van der Waals surface area (Å²) < 4.78 is 1.96. The Labute approximate surface area is 125 Å². The van der Waals surface area contributed by atoms with Crippen molar-refractivity contribution in [3.63, 3.8) is 0 Å². The van der Waals surface area contributed by atoms with E-state index < -0.39 is 0 Å². The van der Waals surface area contributed by atoms with E-state index in [1.807, 2.05) is 29.1 Å². The van der Waals surface area contributed by atoms with Crippen LogP contribution in [0.25, 0.3) is 0 Å². The zero-order valence-corrected chi connectivity index (χ0v) is 12.8. The van der Waals surface area contributed by atoms with Gasteiger partial charge in [0.25, 0.3) is 0 Å². The van der Waals surface area contributed by atoms with Crippen molar-refractivity contribution in [1.82, 2.24) is 20.1 Å². The highest BCUT2D eigenvalue weighted by molar-refractivity contribution is 6.31. The minimum absolute atomic E-state index is 0.139. The van der Waals surface area contributed by atoms with Crippen molar-refractivity contribution in [2.24, 2.45) is 0 Å². The molecule has 2 aromatic rings. The fourth-order valence-corrected chi connectivity index (χ4v) is 2.56. The van der Waals surface area contributed by atoms with Gasteiger partial charge in [0, 0.05) is 24.9 Å². The van der Waals surface area contributed by atoms with E-state index in [1.54, 1.807) is 6.20 Å². The van der Waals surface area contributed by atoms with Gasteiger partial charge in [0.2, 0.25) is 0 Å². The van der Waals surface area contributed by atoms with Crippen LogP contribution >= 0.6 is 11.6 Å². The number of nitrogens with zero attached hydrogens (tertiary/aromatic N) is 3. The van der Waals surface area contributed by atoms with Crippen LogP contribution in [0, 0.1) is 0 Å². The van der Waals surface area contributed by atoms with Gasteiger partial charge in [0.05, 0.1) is 23.0 Å². The van der Waals surface area contributed by atoms with Crippen LogP contribution < -0.4 is 5.32 Å². The summed E-state index contributed by atoms with van der Waals surface area (Å²) in [6.07, 6.45) is 5.44. The van der Waals surface area contributed by atoms with E-state index in [4.69, 9.17) is 11.6 Å². The molecule has 0 amide bonds. The first-order valence-corrected chi connectivity index (χ1v) is 7.48. The molecule has 1 atom stereocenters. The Morgan fingerprint density at radius 1 is 1.35 bits per heavy atom. The van der Waals surface area contributed by atoms with Crippen molar-refractivity contribution in [2.45, 2.75) is 39.3 Å². The third-order valence-electron chi connectivity index (χ3n) is 3.24. The monoisotopic (exact) mass is 292 g/mol. The van der Waals surface area contributed by atoms with Crippen LogP contribution in [0.2, 0.25) is 5.02 Å². The van der Waals surface area contributed by atoms with Crippen LogP contribution in [0.3, 0.4) is 0 Å². The third-order valence-corrected chi connectivity index (χ3v) is 3.53. The summed E-state index contributed by atoms with van der Waals surface area (Å²) in [6.45, 7) is 5.99. The van der Waals surface area contributed by atoms with Crippen molar-refractivity contribution in [2.75, 3.05) is 6.54 Å². The minimum Gasteiger partial charge on any atom is -0.308 e. The Kier molecular flexibility index (Phi) is 5.56. The molecule has 20 heavy (non-hydrogen) atoms. The average Bonchev–Trinajstić information content (AvgIpc) is 2.85. The van der Waals surface area contributed by atoms with E-state index in [-0.39, 0.29) is 6.04 Å². The Balaban J connectivity index is 2.24. The van der Waals surface area contributed by atoms with E-state index in [9.17, 15) is 0 Å². The quantitative estimate of drug-likeness (QED) is 0.852. The van der Waals surface area contributed by atoms with Crippen molar-refractivity contribution < 1.29 is 0 Å². The average molecular weight is 293 g/mol. The van der Waals surface area contributed by atoms with Crippen LogP contribution in [0.5, 0.6) is 0 Å². The number of aromatic nitrogens is 3. The number of halogens is 1. The first-order valence-electron chi connectivity index (χ1n) is 7.10. The highest BCUT2D eigenvalue weighted by Crippen LogP contribution is 2.25. The number of pyridine rings is 1. The molecular weight excluding hydrogens is 272 g/mol. The lowest BCUT2D eigenvalue weighted by Gasteiger charge is -2.20. The zero-order chi connectivity index (χ0) is 14.4. The summed E-state index contributed by atoms with van der Waals surface area (Å²) in [7, 11) is 0. The Morgan fingerprint density at radius 3 is 2.85 bits per heavy atom. The summed E-state index contributed by atoms with van der Waals surface area (Å²) >= 11 is 6.32. The number of hydrogen-bond donors (Lipinski definition) is 1. The first kappa shape index (κ1) is 15.0. The molecule has 108 valence electrons. The van der Waals surface area contributed by atoms with Crippen LogP contribution in [0.15, 0.2) is 30.6 Å². The maximum Gasteiger partial charge on any atom is 0.0834 e. The van der Waals surface area contributed by atoms with Gasteiger partial charge >= 0.3 is 0 Å². The summed E-state index contributed by atoms with van der Waals surface area (Å²) in [5.74, 6) is 0. The van der Waals surface area contributed by atoms with Gasteiger partial charge < -0.3 is 5.32 Å². The highest BCUT2D eigenvalue weighted by Gasteiger charge is 2.20. The standard InChI is InChI=1S/C15H21ClN4/c1-3-8-18-14(10-12-7-5-6-9-17-12)15-13(16)11-19-20(15)4-2/h5-7,9,11,14,18H,3-4,8,10H2,1-2H3. The maximum atomic E-state index is 6.32. The van der Waals surface area contributed by atoms with E-state index in [2.05, 4.69) is 29.2 Å². The number of nitrogens with one attached hydrogen (secondary N) is 1. The summed E-state index contributed by atoms with van der Waals surface area (Å²) in [5, 5.41) is 8.60. The van der Waals surface area contributed by atoms with Gasteiger partial charge in [-0.3, -0.25) is 9.67 Å². The predicted octanol–water partition coefficient (Wildman–Crippen LogP) is 3.23. The predicted molar refractivity (Wildman–Crippen MR) is 81.9 cm³/mol. The number of hydrogen-bond acceptors (Lipinski definition) is 3.